The van der Waals surface area contributed by atoms with Crippen LogP contribution < -0.4 is 0 Å². The number of esters is 1. The maximum atomic E-state index is 11.1. The normalized spacial score (nSPS) is 12.2. The molecule has 0 aliphatic rings. The Bertz CT molecular complexity index is 419. The molecular weight excluding hydrogens is 296 g/mol. The average molecular weight is 307 g/mol. The van der Waals surface area contributed by atoms with E-state index in [9.17, 15) is 9.00 Å². The third-order valence-electron chi connectivity index (χ3n) is 2.01. The van der Waals surface area contributed by atoms with E-state index in [1.165, 1.54) is 7.11 Å². The molecule has 0 radical (unpaired) electrons. The van der Waals surface area contributed by atoms with Gasteiger partial charge in [0.15, 0.2) is 11.1 Å². The first-order chi connectivity index (χ1) is 7.52. The average Bonchev–Trinajstić information content (AvgIpc) is 2.21. The van der Waals surface area contributed by atoms with Gasteiger partial charge in [0.1, 0.15) is 0 Å². The molecule has 1 rings (SSSR count). The predicted molar refractivity (Wildman–Crippen MR) is 64.3 cm³/mol. The zero-order valence-electron chi connectivity index (χ0n) is 8.60. The van der Waals surface area contributed by atoms with Crippen molar-refractivity contribution in [2.75, 3.05) is 7.11 Å². The summed E-state index contributed by atoms with van der Waals surface area (Å²) in [7, 11) is 1.31. The topological polar surface area (TPSA) is 63.6 Å². The third-order valence-corrected chi connectivity index (χ3v) is 3.06. The Morgan fingerprint density at radius 1 is 1.50 bits per heavy atom. The molecule has 0 aliphatic carbocycles. The molecule has 0 spiro atoms. The Morgan fingerprint density at radius 2 is 2.19 bits per heavy atom. The van der Waals surface area contributed by atoms with Gasteiger partial charge in [0.05, 0.1) is 19.3 Å². The van der Waals surface area contributed by atoms with Crippen LogP contribution in [0.1, 0.15) is 11.1 Å². The molecule has 0 aromatic heterocycles. The van der Waals surface area contributed by atoms with Crippen molar-refractivity contribution in [3.05, 3.63) is 33.8 Å². The highest BCUT2D eigenvalue weighted by atomic mass is 79.9. The highest BCUT2D eigenvalue weighted by Crippen LogP contribution is 2.18. The maximum Gasteiger partial charge on any atom is 0.309 e. The molecule has 0 heterocycles. The van der Waals surface area contributed by atoms with Crippen molar-refractivity contribution < 1.29 is 18.3 Å². The minimum absolute atomic E-state index is 0.00572. The number of hydrogen-bond donors (Lipinski definition) is 1. The van der Waals surface area contributed by atoms with Gasteiger partial charge in [-0.25, -0.2) is 4.21 Å². The number of rotatable bonds is 4. The van der Waals surface area contributed by atoms with Crippen LogP contribution in [-0.2, 0) is 32.8 Å². The summed E-state index contributed by atoms with van der Waals surface area (Å²) < 4.78 is 25.0. The molecule has 0 bridgehead atoms. The molecule has 0 amide bonds. The van der Waals surface area contributed by atoms with Gasteiger partial charge in [-0.3, -0.25) is 4.79 Å². The fraction of sp³-hybridized carbons (Fsp3) is 0.300. The third kappa shape index (κ3) is 4.03. The minimum Gasteiger partial charge on any atom is -0.469 e. The zero-order chi connectivity index (χ0) is 12.1. The van der Waals surface area contributed by atoms with Gasteiger partial charge in [0.2, 0.25) is 0 Å². The summed E-state index contributed by atoms with van der Waals surface area (Å²) >= 11 is 1.35. The van der Waals surface area contributed by atoms with Crippen LogP contribution in [0.5, 0.6) is 0 Å². The summed E-state index contributed by atoms with van der Waals surface area (Å²) in [6, 6.07) is 5.25. The van der Waals surface area contributed by atoms with E-state index in [0.29, 0.717) is 11.1 Å². The van der Waals surface area contributed by atoms with Crippen molar-refractivity contribution in [1.29, 1.82) is 0 Å². The Morgan fingerprint density at radius 3 is 2.75 bits per heavy atom. The van der Waals surface area contributed by atoms with E-state index in [1.54, 1.807) is 18.2 Å². The number of halogens is 1. The summed E-state index contributed by atoms with van der Waals surface area (Å²) in [5.41, 5.74) is 1.37. The second-order valence-corrected chi connectivity index (χ2v) is 4.98. The molecule has 88 valence electrons. The number of methoxy groups -OCH3 is 1. The lowest BCUT2D eigenvalue weighted by Crippen LogP contribution is -2.08. The molecule has 16 heavy (non-hydrogen) atoms. The second-order valence-electron chi connectivity index (χ2n) is 3.13. The fourth-order valence-corrected chi connectivity index (χ4v) is 2.21. The Labute approximate surface area is 104 Å². The van der Waals surface area contributed by atoms with Gasteiger partial charge < -0.3 is 9.29 Å². The Balaban J connectivity index is 2.97. The number of ether oxygens (including phenoxy) is 1. The van der Waals surface area contributed by atoms with Crippen LogP contribution in [0.25, 0.3) is 0 Å². The van der Waals surface area contributed by atoms with Crippen molar-refractivity contribution >= 4 is 33.0 Å². The van der Waals surface area contributed by atoms with Crippen LogP contribution in [0, 0.1) is 0 Å². The molecule has 1 N–H and O–H groups in total. The van der Waals surface area contributed by atoms with E-state index in [-0.39, 0.29) is 18.1 Å². The van der Waals surface area contributed by atoms with Crippen LogP contribution >= 0.6 is 15.9 Å². The Kier molecular flexibility index (Phi) is 5.11. The van der Waals surface area contributed by atoms with Gasteiger partial charge in [-0.05, 0) is 23.3 Å². The van der Waals surface area contributed by atoms with Gasteiger partial charge in [0, 0.05) is 4.47 Å². The second kappa shape index (κ2) is 6.12. The van der Waals surface area contributed by atoms with E-state index in [1.807, 2.05) is 0 Å². The van der Waals surface area contributed by atoms with E-state index >= 15 is 0 Å². The molecule has 1 atom stereocenters. The minimum atomic E-state index is -1.92. The van der Waals surface area contributed by atoms with Crippen LogP contribution in [0.2, 0.25) is 0 Å². The van der Waals surface area contributed by atoms with Crippen molar-refractivity contribution in [1.82, 2.24) is 0 Å². The lowest BCUT2D eigenvalue weighted by molar-refractivity contribution is -0.139. The number of hydrogen-bond acceptors (Lipinski definition) is 3. The molecule has 1 aromatic rings. The number of carbonyl (C=O) groups excluding carboxylic acids is 1. The smallest absolute Gasteiger partial charge is 0.309 e. The van der Waals surface area contributed by atoms with Crippen LogP contribution in [0.15, 0.2) is 22.7 Å². The summed E-state index contributed by atoms with van der Waals surface area (Å²) in [4.78, 5) is 11.1. The van der Waals surface area contributed by atoms with E-state index < -0.39 is 11.1 Å². The molecular formula is C10H11BrO4S. The van der Waals surface area contributed by atoms with E-state index in [0.717, 1.165) is 4.47 Å². The summed E-state index contributed by atoms with van der Waals surface area (Å²) in [5.74, 6) is -0.363. The molecule has 1 aromatic carbocycles. The van der Waals surface area contributed by atoms with Gasteiger partial charge >= 0.3 is 5.97 Å². The first-order valence-corrected chi connectivity index (χ1v) is 6.51. The van der Waals surface area contributed by atoms with E-state index in [4.69, 9.17) is 4.55 Å². The van der Waals surface area contributed by atoms with Crippen LogP contribution in [0.3, 0.4) is 0 Å². The largest absolute Gasteiger partial charge is 0.469 e. The van der Waals surface area contributed by atoms with Crippen molar-refractivity contribution in [3.63, 3.8) is 0 Å². The standard InChI is InChI=1S/C10H11BrO4S/c1-15-10(12)5-7-2-3-9(11)4-8(7)6-16(13)14/h2-4H,5-6H2,1H3,(H,13,14). The van der Waals surface area contributed by atoms with Crippen molar-refractivity contribution in [3.8, 4) is 0 Å². The summed E-state index contributed by atoms with van der Waals surface area (Å²) in [5, 5.41) is 0. The molecule has 4 nitrogen and oxygen atoms in total. The highest BCUT2D eigenvalue weighted by molar-refractivity contribution is 9.10. The molecule has 0 fully saturated rings. The van der Waals surface area contributed by atoms with Crippen LogP contribution in [-0.4, -0.2) is 21.8 Å². The fourth-order valence-electron chi connectivity index (χ4n) is 1.26. The first kappa shape index (κ1) is 13.3. The monoisotopic (exact) mass is 306 g/mol. The highest BCUT2D eigenvalue weighted by Gasteiger charge is 2.10. The maximum absolute atomic E-state index is 11.1. The zero-order valence-corrected chi connectivity index (χ0v) is 11.0. The molecule has 0 aliphatic heterocycles. The van der Waals surface area contributed by atoms with E-state index in [2.05, 4.69) is 20.7 Å². The lowest BCUT2D eigenvalue weighted by atomic mass is 10.1. The summed E-state index contributed by atoms with van der Waals surface area (Å²) in [6.45, 7) is 0. The van der Waals surface area contributed by atoms with Gasteiger partial charge in [-0.2, -0.15) is 0 Å². The predicted octanol–water partition coefficient (Wildman–Crippen LogP) is 1.89. The van der Waals surface area contributed by atoms with Gasteiger partial charge in [-0.15, -0.1) is 0 Å². The quantitative estimate of drug-likeness (QED) is 0.681. The molecule has 1 unspecified atom stereocenters. The number of carbonyl (C=O) groups is 1. The molecule has 0 saturated heterocycles. The Hall–Kier alpha value is -0.720. The lowest BCUT2D eigenvalue weighted by Gasteiger charge is -2.07. The SMILES string of the molecule is COC(=O)Cc1ccc(Br)cc1CS(=O)O. The van der Waals surface area contributed by atoms with Crippen LogP contribution in [0.4, 0.5) is 0 Å². The van der Waals surface area contributed by atoms with Crippen molar-refractivity contribution in [2.45, 2.75) is 12.2 Å². The number of benzene rings is 1. The molecule has 6 heteroatoms. The molecule has 0 saturated carbocycles. The van der Waals surface area contributed by atoms with Crippen molar-refractivity contribution in [2.24, 2.45) is 0 Å². The first-order valence-electron chi connectivity index (χ1n) is 4.44. The summed E-state index contributed by atoms with van der Waals surface area (Å²) in [6.07, 6.45) is 0.107. The van der Waals surface area contributed by atoms with Gasteiger partial charge in [-0.1, -0.05) is 22.0 Å². The van der Waals surface area contributed by atoms with Gasteiger partial charge in [0.25, 0.3) is 0 Å².